The van der Waals surface area contributed by atoms with Crippen molar-refractivity contribution in [2.45, 2.75) is 34.5 Å². The summed E-state index contributed by atoms with van der Waals surface area (Å²) in [6.07, 6.45) is 0. The van der Waals surface area contributed by atoms with Crippen molar-refractivity contribution in [1.29, 1.82) is 0 Å². The number of benzene rings is 7. The topological polar surface area (TPSA) is 25.8 Å². The van der Waals surface area contributed by atoms with Gasteiger partial charge >= 0.3 is 0 Å². The Morgan fingerprint density at radius 2 is 0.981 bits per heavy atom. The molecule has 7 aromatic carbocycles. The molecular weight excluding hydrogens is 661 g/mol. The fourth-order valence-electron chi connectivity index (χ4n) is 9.55. The molecule has 1 aliphatic heterocycles. The Morgan fingerprint density at radius 3 is 1.70 bits per heavy atom. The lowest BCUT2D eigenvalue weighted by atomic mass is 9.66. The molecule has 0 fully saturated rings. The maximum atomic E-state index is 5.31. The first kappa shape index (κ1) is 30.6. The Morgan fingerprint density at radius 1 is 0.434 bits per heavy atom. The van der Waals surface area contributed by atoms with E-state index in [1.165, 1.54) is 65.4 Å². The summed E-state index contributed by atoms with van der Waals surface area (Å²) >= 11 is 1.94. The van der Waals surface area contributed by atoms with Crippen molar-refractivity contribution in [1.82, 2.24) is 9.97 Å². The van der Waals surface area contributed by atoms with Crippen molar-refractivity contribution in [3.05, 3.63) is 203 Å². The van der Waals surface area contributed by atoms with Gasteiger partial charge in [-0.3, -0.25) is 0 Å². The Balaban J connectivity index is 1.19. The third-order valence-corrected chi connectivity index (χ3v) is 13.0. The van der Waals surface area contributed by atoms with Crippen LogP contribution in [0.5, 0.6) is 0 Å². The van der Waals surface area contributed by atoms with Crippen LogP contribution in [0.25, 0.3) is 56.2 Å². The van der Waals surface area contributed by atoms with Crippen LogP contribution in [-0.4, -0.2) is 9.97 Å². The molecule has 0 saturated carbocycles. The minimum absolute atomic E-state index is 0.267. The molecule has 1 spiro atoms. The zero-order valence-electron chi connectivity index (χ0n) is 29.5. The molecule has 3 heteroatoms. The molecule has 0 unspecified atom stereocenters. The van der Waals surface area contributed by atoms with Gasteiger partial charge in [-0.2, -0.15) is 0 Å². The van der Waals surface area contributed by atoms with E-state index >= 15 is 0 Å². The van der Waals surface area contributed by atoms with E-state index in [-0.39, 0.29) is 5.41 Å². The summed E-state index contributed by atoms with van der Waals surface area (Å²) in [6.45, 7) is 4.78. The lowest BCUT2D eigenvalue weighted by Gasteiger charge is -2.40. The summed E-state index contributed by atoms with van der Waals surface area (Å²) in [7, 11) is 0. The van der Waals surface area contributed by atoms with Crippen molar-refractivity contribution in [2.24, 2.45) is 0 Å². The van der Waals surface area contributed by atoms with Crippen LogP contribution in [0, 0.1) is 0 Å². The van der Waals surface area contributed by atoms with Gasteiger partial charge in [0.25, 0.3) is 0 Å². The van der Waals surface area contributed by atoms with E-state index in [9.17, 15) is 0 Å². The summed E-state index contributed by atoms with van der Waals surface area (Å²) in [4.78, 5) is 13.1. The van der Waals surface area contributed by atoms with E-state index in [4.69, 9.17) is 9.97 Å². The molecule has 11 rings (SSSR count). The predicted octanol–water partition coefficient (Wildman–Crippen LogP) is 12.6. The molecule has 3 aliphatic rings. The smallest absolute Gasteiger partial charge is 0.160 e. The van der Waals surface area contributed by atoms with Gasteiger partial charge in [-0.15, -0.1) is 0 Å². The van der Waals surface area contributed by atoms with Gasteiger partial charge < -0.3 is 0 Å². The first-order chi connectivity index (χ1) is 26.0. The maximum Gasteiger partial charge on any atom is 0.160 e. The second-order valence-electron chi connectivity index (χ2n) is 14.9. The second-order valence-corrected chi connectivity index (χ2v) is 15.9. The van der Waals surface area contributed by atoms with Crippen LogP contribution in [0.3, 0.4) is 0 Å². The summed E-state index contributed by atoms with van der Waals surface area (Å²) in [5.41, 5.74) is 17.9. The Hall–Kier alpha value is -6.03. The van der Waals surface area contributed by atoms with E-state index in [0.29, 0.717) is 0 Å². The molecule has 2 nitrogen and oxygen atoms in total. The molecule has 0 N–H and O–H groups in total. The molecule has 8 aromatic rings. The van der Waals surface area contributed by atoms with Crippen molar-refractivity contribution >= 4 is 11.8 Å². The molecule has 0 radical (unpaired) electrons. The van der Waals surface area contributed by atoms with Crippen LogP contribution in [-0.2, 0) is 10.8 Å². The van der Waals surface area contributed by atoms with Crippen LogP contribution < -0.4 is 0 Å². The van der Waals surface area contributed by atoms with Crippen molar-refractivity contribution < 1.29 is 0 Å². The molecule has 0 amide bonds. The molecule has 2 heterocycles. The number of rotatable bonds is 3. The van der Waals surface area contributed by atoms with Crippen LogP contribution >= 0.6 is 11.8 Å². The summed E-state index contributed by atoms with van der Waals surface area (Å²) in [6, 6.07) is 61.9. The van der Waals surface area contributed by atoms with Crippen LogP contribution in [0.15, 0.2) is 180 Å². The molecule has 53 heavy (non-hydrogen) atoms. The highest BCUT2D eigenvalue weighted by Gasteiger charge is 2.52. The number of aromatic nitrogens is 2. The number of hydrogen-bond donors (Lipinski definition) is 0. The van der Waals surface area contributed by atoms with E-state index in [1.807, 2.05) is 17.8 Å². The van der Waals surface area contributed by atoms with Crippen molar-refractivity contribution in [3.63, 3.8) is 0 Å². The zero-order chi connectivity index (χ0) is 35.3. The molecule has 2 aliphatic carbocycles. The summed E-state index contributed by atoms with van der Waals surface area (Å²) < 4.78 is 0. The largest absolute Gasteiger partial charge is 0.228 e. The summed E-state index contributed by atoms with van der Waals surface area (Å²) in [5.74, 6) is 0.734. The average molecular weight is 695 g/mol. The Bertz CT molecular complexity index is 2680. The summed E-state index contributed by atoms with van der Waals surface area (Å²) in [5, 5.41) is 0. The molecule has 250 valence electrons. The fraction of sp³-hybridized carbons (Fsp3) is 0.0800. The number of nitrogens with zero attached hydrogens (tertiary/aromatic N) is 2. The molecule has 0 bridgehead atoms. The third kappa shape index (κ3) is 4.17. The van der Waals surface area contributed by atoms with Crippen LogP contribution in [0.2, 0.25) is 0 Å². The standard InChI is InChI=1S/C50H34N2S/c1-49(2)40-28-29-41-47(53-44-27-14-13-26-39(44)50(41)37-24-11-9-20-33(37)34-21-10-12-25-38(34)50)45(40)36-23-15-22-35(46(36)49)43-30-42(31-16-5-3-6-17-31)51-48(52-43)32-18-7-4-8-19-32/h3-30H,1-2H3. The maximum absolute atomic E-state index is 5.31. The first-order valence-corrected chi connectivity index (χ1v) is 19.2. The zero-order valence-corrected chi connectivity index (χ0v) is 30.3. The Kier molecular flexibility index (Phi) is 6.48. The van der Waals surface area contributed by atoms with E-state index < -0.39 is 5.41 Å². The van der Waals surface area contributed by atoms with Gasteiger partial charge in [0.1, 0.15) is 0 Å². The van der Waals surface area contributed by atoms with E-state index in [2.05, 4.69) is 178 Å². The highest BCUT2D eigenvalue weighted by molar-refractivity contribution is 7.99. The molecule has 1 aromatic heterocycles. The molecule has 0 saturated heterocycles. The van der Waals surface area contributed by atoms with Crippen molar-refractivity contribution in [2.75, 3.05) is 0 Å². The molecule has 0 atom stereocenters. The minimum atomic E-state index is -0.411. The molecular formula is C50H34N2S. The fourth-order valence-corrected chi connectivity index (χ4v) is 10.9. The van der Waals surface area contributed by atoms with Gasteiger partial charge in [0.05, 0.1) is 16.8 Å². The number of hydrogen-bond acceptors (Lipinski definition) is 3. The monoisotopic (exact) mass is 694 g/mol. The number of fused-ring (bicyclic) bond motifs is 13. The van der Waals surface area contributed by atoms with Crippen LogP contribution in [0.1, 0.15) is 47.2 Å². The highest BCUT2D eigenvalue weighted by Crippen LogP contribution is 2.65. The van der Waals surface area contributed by atoms with Gasteiger partial charge in [-0.25, -0.2) is 9.97 Å². The minimum Gasteiger partial charge on any atom is -0.228 e. The van der Waals surface area contributed by atoms with Gasteiger partial charge in [-0.1, -0.05) is 183 Å². The average Bonchev–Trinajstić information content (AvgIpc) is 3.64. The van der Waals surface area contributed by atoms with Gasteiger partial charge in [0.2, 0.25) is 0 Å². The normalized spacial score (nSPS) is 14.8. The van der Waals surface area contributed by atoms with Gasteiger partial charge in [0, 0.05) is 37.5 Å². The highest BCUT2D eigenvalue weighted by atomic mass is 32.2. The van der Waals surface area contributed by atoms with E-state index in [1.54, 1.807) is 0 Å². The van der Waals surface area contributed by atoms with E-state index in [0.717, 1.165) is 33.9 Å². The Labute approximate surface area is 314 Å². The lowest BCUT2D eigenvalue weighted by Crippen LogP contribution is -2.32. The SMILES string of the molecule is CC1(C)c2ccc3c(c2-c2cccc(-c4cc(-c5ccccc5)nc(-c5ccccc5)n4)c21)Sc1ccccc1C31c2ccccc2-c2ccccc21. The second kappa shape index (κ2) is 11.2. The third-order valence-electron chi connectivity index (χ3n) is 11.8. The van der Waals surface area contributed by atoms with Gasteiger partial charge in [-0.05, 0) is 62.2 Å². The van der Waals surface area contributed by atoms with Gasteiger partial charge in [0.15, 0.2) is 5.82 Å². The lowest BCUT2D eigenvalue weighted by molar-refractivity contribution is 0.657. The first-order valence-electron chi connectivity index (χ1n) is 18.3. The van der Waals surface area contributed by atoms with Crippen molar-refractivity contribution in [3.8, 4) is 56.2 Å². The quantitative estimate of drug-likeness (QED) is 0.184. The predicted molar refractivity (Wildman–Crippen MR) is 217 cm³/mol. The van der Waals surface area contributed by atoms with Crippen LogP contribution in [0.4, 0.5) is 0 Å².